The molecule has 3 aliphatic rings. The third kappa shape index (κ3) is 3.34. The minimum Gasteiger partial charge on any atom is -0.396 e. The fourth-order valence-electron chi connectivity index (χ4n) is 4.34. The number of nitrogens with zero attached hydrogens (tertiary/aromatic N) is 1. The highest BCUT2D eigenvalue weighted by molar-refractivity contribution is 7.99. The van der Waals surface area contributed by atoms with Crippen molar-refractivity contribution in [3.63, 3.8) is 0 Å². The summed E-state index contributed by atoms with van der Waals surface area (Å²) in [6, 6.07) is 1.32. The number of piperidine rings is 1. The van der Waals surface area contributed by atoms with Crippen LogP contribution in [-0.2, 0) is 4.74 Å². The molecule has 3 fully saturated rings. The van der Waals surface area contributed by atoms with Crippen molar-refractivity contribution in [2.45, 2.75) is 69.1 Å². The second-order valence-electron chi connectivity index (χ2n) is 6.69. The van der Waals surface area contributed by atoms with Crippen LogP contribution in [0.3, 0.4) is 0 Å². The Labute approximate surface area is 127 Å². The van der Waals surface area contributed by atoms with E-state index in [9.17, 15) is 5.11 Å². The molecule has 0 radical (unpaired) electrons. The molecule has 0 bridgehead atoms. The molecular formula is C16H29NO2S. The predicted octanol–water partition coefficient (Wildman–Crippen LogP) is 2.67. The molecule has 0 aromatic carbocycles. The van der Waals surface area contributed by atoms with Crippen molar-refractivity contribution in [2.75, 3.05) is 31.3 Å². The standard InChI is InChI=1S/C16H29NO2S/c18-9-4-14-3-1-2-8-17(14)15-5-10-19-16(13-15)6-11-20-12-7-16/h14-15,18H,1-13H2. The Morgan fingerprint density at radius 2 is 2.05 bits per heavy atom. The third-order valence-corrected chi connectivity index (χ3v) is 6.46. The summed E-state index contributed by atoms with van der Waals surface area (Å²) in [6.45, 7) is 2.52. The fraction of sp³-hybridized carbons (Fsp3) is 1.00. The van der Waals surface area contributed by atoms with E-state index < -0.39 is 0 Å². The number of rotatable bonds is 3. The van der Waals surface area contributed by atoms with Gasteiger partial charge in [0, 0.05) is 25.3 Å². The lowest BCUT2D eigenvalue weighted by Crippen LogP contribution is -2.54. The highest BCUT2D eigenvalue weighted by atomic mass is 32.2. The van der Waals surface area contributed by atoms with E-state index in [-0.39, 0.29) is 5.60 Å². The molecular weight excluding hydrogens is 270 g/mol. The van der Waals surface area contributed by atoms with Gasteiger partial charge in [-0.3, -0.25) is 4.90 Å². The van der Waals surface area contributed by atoms with Gasteiger partial charge in [-0.15, -0.1) is 0 Å². The lowest BCUT2D eigenvalue weighted by Gasteiger charge is -2.49. The summed E-state index contributed by atoms with van der Waals surface area (Å²) < 4.78 is 6.23. The summed E-state index contributed by atoms with van der Waals surface area (Å²) in [5, 5.41) is 9.32. The number of ether oxygens (including phenoxy) is 1. The summed E-state index contributed by atoms with van der Waals surface area (Å²) in [6.07, 6.45) is 9.82. The summed E-state index contributed by atoms with van der Waals surface area (Å²) >= 11 is 2.08. The van der Waals surface area contributed by atoms with E-state index in [2.05, 4.69) is 16.7 Å². The summed E-state index contributed by atoms with van der Waals surface area (Å²) in [5.74, 6) is 2.54. The van der Waals surface area contributed by atoms with Gasteiger partial charge in [0.15, 0.2) is 0 Å². The van der Waals surface area contributed by atoms with Gasteiger partial charge in [0.05, 0.1) is 5.60 Å². The molecule has 2 atom stereocenters. The number of hydrogen-bond donors (Lipinski definition) is 1. The monoisotopic (exact) mass is 299 g/mol. The van der Waals surface area contributed by atoms with Gasteiger partial charge in [-0.05, 0) is 63.0 Å². The molecule has 0 amide bonds. The van der Waals surface area contributed by atoms with Crippen LogP contribution in [0.15, 0.2) is 0 Å². The normalized spacial score (nSPS) is 35.2. The maximum absolute atomic E-state index is 9.32. The molecule has 3 aliphatic heterocycles. The van der Waals surface area contributed by atoms with E-state index in [0.29, 0.717) is 18.7 Å². The van der Waals surface area contributed by atoms with E-state index in [1.165, 1.54) is 63.0 Å². The molecule has 2 unspecified atom stereocenters. The lowest BCUT2D eigenvalue weighted by atomic mass is 9.83. The van der Waals surface area contributed by atoms with Crippen molar-refractivity contribution < 1.29 is 9.84 Å². The quantitative estimate of drug-likeness (QED) is 0.868. The zero-order valence-corrected chi connectivity index (χ0v) is 13.4. The first-order valence-corrected chi connectivity index (χ1v) is 9.57. The topological polar surface area (TPSA) is 32.7 Å². The van der Waals surface area contributed by atoms with Gasteiger partial charge in [-0.2, -0.15) is 11.8 Å². The van der Waals surface area contributed by atoms with Crippen molar-refractivity contribution in [3.05, 3.63) is 0 Å². The Hall–Kier alpha value is 0.230. The van der Waals surface area contributed by atoms with Crippen LogP contribution in [0.25, 0.3) is 0 Å². The number of aliphatic hydroxyl groups is 1. The van der Waals surface area contributed by atoms with Gasteiger partial charge >= 0.3 is 0 Å². The Morgan fingerprint density at radius 3 is 2.85 bits per heavy atom. The van der Waals surface area contributed by atoms with E-state index in [4.69, 9.17) is 4.74 Å². The van der Waals surface area contributed by atoms with Crippen LogP contribution >= 0.6 is 11.8 Å². The second kappa shape index (κ2) is 6.99. The first-order valence-electron chi connectivity index (χ1n) is 8.41. The van der Waals surface area contributed by atoms with Gasteiger partial charge in [0.25, 0.3) is 0 Å². The van der Waals surface area contributed by atoms with E-state index in [0.717, 1.165) is 13.0 Å². The minimum atomic E-state index is 0.190. The molecule has 0 aliphatic carbocycles. The van der Waals surface area contributed by atoms with Crippen molar-refractivity contribution in [2.24, 2.45) is 0 Å². The molecule has 4 heteroatoms. The molecule has 3 heterocycles. The van der Waals surface area contributed by atoms with Crippen LogP contribution < -0.4 is 0 Å². The van der Waals surface area contributed by atoms with Crippen molar-refractivity contribution in [1.29, 1.82) is 0 Å². The second-order valence-corrected chi connectivity index (χ2v) is 7.91. The molecule has 0 aromatic rings. The smallest absolute Gasteiger partial charge is 0.0713 e. The average Bonchev–Trinajstić information content (AvgIpc) is 2.49. The first kappa shape index (κ1) is 15.1. The molecule has 20 heavy (non-hydrogen) atoms. The number of hydrogen-bond acceptors (Lipinski definition) is 4. The van der Waals surface area contributed by atoms with Gasteiger partial charge in [0.1, 0.15) is 0 Å². The zero-order valence-electron chi connectivity index (χ0n) is 12.6. The molecule has 0 aromatic heterocycles. The van der Waals surface area contributed by atoms with Crippen LogP contribution in [0.5, 0.6) is 0 Å². The summed E-state index contributed by atoms with van der Waals surface area (Å²) in [7, 11) is 0. The highest BCUT2D eigenvalue weighted by Gasteiger charge is 2.41. The van der Waals surface area contributed by atoms with Crippen LogP contribution in [0.2, 0.25) is 0 Å². The average molecular weight is 299 g/mol. The molecule has 3 saturated heterocycles. The molecule has 0 saturated carbocycles. The van der Waals surface area contributed by atoms with Crippen LogP contribution in [0.1, 0.15) is 51.4 Å². The SMILES string of the molecule is OCCC1CCCCN1C1CCOC2(CCSCC2)C1. The lowest BCUT2D eigenvalue weighted by molar-refractivity contribution is -0.118. The van der Waals surface area contributed by atoms with Gasteiger partial charge < -0.3 is 9.84 Å². The maximum atomic E-state index is 9.32. The molecule has 116 valence electrons. The number of thioether (sulfide) groups is 1. The fourth-order valence-corrected chi connectivity index (χ4v) is 5.58. The van der Waals surface area contributed by atoms with Gasteiger partial charge in [-0.1, -0.05) is 6.42 Å². The van der Waals surface area contributed by atoms with Crippen LogP contribution in [0.4, 0.5) is 0 Å². The van der Waals surface area contributed by atoms with Crippen LogP contribution in [0, 0.1) is 0 Å². The highest BCUT2D eigenvalue weighted by Crippen LogP contribution is 2.40. The van der Waals surface area contributed by atoms with Gasteiger partial charge in [0.2, 0.25) is 0 Å². The predicted molar refractivity (Wildman–Crippen MR) is 84.3 cm³/mol. The molecule has 1 spiro atoms. The number of likely N-dealkylation sites (tertiary alicyclic amines) is 1. The molecule has 3 rings (SSSR count). The largest absolute Gasteiger partial charge is 0.396 e. The van der Waals surface area contributed by atoms with Crippen molar-refractivity contribution in [3.8, 4) is 0 Å². The van der Waals surface area contributed by atoms with E-state index >= 15 is 0 Å². The number of aliphatic hydroxyl groups excluding tert-OH is 1. The summed E-state index contributed by atoms with van der Waals surface area (Å²) in [4.78, 5) is 2.73. The van der Waals surface area contributed by atoms with Crippen LogP contribution in [-0.4, -0.2) is 59.0 Å². The van der Waals surface area contributed by atoms with E-state index in [1.54, 1.807) is 0 Å². The first-order chi connectivity index (χ1) is 9.83. The zero-order chi connectivity index (χ0) is 13.8. The third-order valence-electron chi connectivity index (χ3n) is 5.48. The van der Waals surface area contributed by atoms with E-state index in [1.807, 2.05) is 0 Å². The Bertz CT molecular complexity index is 299. The van der Waals surface area contributed by atoms with Crippen molar-refractivity contribution in [1.82, 2.24) is 4.90 Å². The molecule has 3 nitrogen and oxygen atoms in total. The Kier molecular flexibility index (Phi) is 5.29. The van der Waals surface area contributed by atoms with Crippen molar-refractivity contribution >= 4 is 11.8 Å². The Morgan fingerprint density at radius 1 is 1.20 bits per heavy atom. The summed E-state index contributed by atoms with van der Waals surface area (Å²) in [5.41, 5.74) is 0.190. The maximum Gasteiger partial charge on any atom is 0.0713 e. The van der Waals surface area contributed by atoms with Gasteiger partial charge in [-0.25, -0.2) is 0 Å². The molecule has 1 N–H and O–H groups in total. The minimum absolute atomic E-state index is 0.190. The Balaban J connectivity index is 1.65.